The van der Waals surface area contributed by atoms with E-state index in [-0.39, 0.29) is 0 Å². The Morgan fingerprint density at radius 2 is 2.25 bits per heavy atom. The second kappa shape index (κ2) is 7.47. The van der Waals surface area contributed by atoms with Gasteiger partial charge in [-0.25, -0.2) is 0 Å². The molecule has 90 valence electrons. The van der Waals surface area contributed by atoms with Crippen molar-refractivity contribution in [2.45, 2.75) is 19.7 Å². The highest BCUT2D eigenvalue weighted by molar-refractivity contribution is 6.17. The van der Waals surface area contributed by atoms with Gasteiger partial charge in [0.05, 0.1) is 12.5 Å². The molecule has 0 atom stereocenters. The van der Waals surface area contributed by atoms with E-state index in [9.17, 15) is 0 Å². The third kappa shape index (κ3) is 3.65. The van der Waals surface area contributed by atoms with E-state index in [1.165, 1.54) is 0 Å². The summed E-state index contributed by atoms with van der Waals surface area (Å²) in [7, 11) is 0. The molecule has 3 nitrogen and oxygen atoms in total. The Balaban J connectivity index is 2.69. The monoisotopic (exact) mass is 242 g/mol. The van der Waals surface area contributed by atoms with E-state index in [2.05, 4.69) is 16.8 Å². The zero-order valence-corrected chi connectivity index (χ0v) is 10.7. The van der Waals surface area contributed by atoms with Crippen molar-refractivity contribution in [3.8, 4) is 0 Å². The number of pyridine rings is 1. The summed E-state index contributed by atoms with van der Waals surface area (Å²) in [5.41, 5.74) is 2.23. The lowest BCUT2D eigenvalue weighted by molar-refractivity contribution is 0.154. The minimum absolute atomic E-state index is 0.494. The molecule has 0 saturated heterocycles. The van der Waals surface area contributed by atoms with Gasteiger partial charge in [0.25, 0.3) is 0 Å². The van der Waals surface area contributed by atoms with Crippen LogP contribution in [0.4, 0.5) is 5.69 Å². The zero-order chi connectivity index (χ0) is 11.8. The summed E-state index contributed by atoms with van der Waals surface area (Å²) in [6.07, 6.45) is 3.63. The largest absolute Gasteiger partial charge is 0.380 e. The van der Waals surface area contributed by atoms with Crippen LogP contribution in [0.15, 0.2) is 18.5 Å². The summed E-state index contributed by atoms with van der Waals surface area (Å²) < 4.78 is 5.37. The molecule has 1 rings (SSSR count). The lowest BCUT2D eigenvalue weighted by atomic mass is 10.2. The maximum Gasteiger partial charge on any atom is 0.0641 e. The standard InChI is InChI=1S/C12H19ClN2O/c1-3-15(7-8-16-4-2)12-5-6-14-10-11(12)9-13/h5-6,10H,3-4,7-9H2,1-2H3. The van der Waals surface area contributed by atoms with Gasteiger partial charge in [0.15, 0.2) is 0 Å². The maximum atomic E-state index is 5.90. The number of anilines is 1. The van der Waals surface area contributed by atoms with E-state index in [0.717, 1.165) is 37.6 Å². The molecule has 0 aliphatic rings. The number of ether oxygens (including phenoxy) is 1. The predicted molar refractivity (Wildman–Crippen MR) is 68.2 cm³/mol. The summed E-state index contributed by atoms with van der Waals surface area (Å²) in [6.45, 7) is 7.47. The zero-order valence-electron chi connectivity index (χ0n) is 9.95. The normalized spacial score (nSPS) is 10.4. The van der Waals surface area contributed by atoms with Gasteiger partial charge in [-0.1, -0.05) is 0 Å². The number of hydrogen-bond donors (Lipinski definition) is 0. The minimum atomic E-state index is 0.494. The first-order chi connectivity index (χ1) is 7.83. The fraction of sp³-hybridized carbons (Fsp3) is 0.583. The van der Waals surface area contributed by atoms with E-state index in [1.54, 1.807) is 6.20 Å². The van der Waals surface area contributed by atoms with Crippen LogP contribution in [0.2, 0.25) is 0 Å². The van der Waals surface area contributed by atoms with Crippen molar-refractivity contribution >= 4 is 17.3 Å². The molecule has 0 saturated carbocycles. The number of hydrogen-bond acceptors (Lipinski definition) is 3. The molecule has 0 aliphatic heterocycles. The highest BCUT2D eigenvalue weighted by atomic mass is 35.5. The van der Waals surface area contributed by atoms with Crippen LogP contribution in [0.3, 0.4) is 0 Å². The maximum absolute atomic E-state index is 5.90. The van der Waals surface area contributed by atoms with Crippen molar-refractivity contribution < 1.29 is 4.74 Å². The first kappa shape index (κ1) is 13.3. The minimum Gasteiger partial charge on any atom is -0.380 e. The number of rotatable bonds is 7. The Labute approximate surface area is 102 Å². The number of aromatic nitrogens is 1. The van der Waals surface area contributed by atoms with Crippen LogP contribution in [0.5, 0.6) is 0 Å². The van der Waals surface area contributed by atoms with Gasteiger partial charge in [0.2, 0.25) is 0 Å². The molecule has 0 fully saturated rings. The average Bonchev–Trinajstić information content (AvgIpc) is 2.35. The van der Waals surface area contributed by atoms with E-state index in [4.69, 9.17) is 16.3 Å². The second-order valence-corrected chi connectivity index (χ2v) is 3.68. The Hall–Kier alpha value is -0.800. The molecular weight excluding hydrogens is 224 g/mol. The van der Waals surface area contributed by atoms with Crippen molar-refractivity contribution in [2.75, 3.05) is 31.2 Å². The highest BCUT2D eigenvalue weighted by Gasteiger charge is 2.08. The van der Waals surface area contributed by atoms with Crippen molar-refractivity contribution in [2.24, 2.45) is 0 Å². The van der Waals surface area contributed by atoms with Gasteiger partial charge >= 0.3 is 0 Å². The fourth-order valence-corrected chi connectivity index (χ4v) is 1.81. The molecule has 1 aromatic rings. The van der Waals surface area contributed by atoms with Crippen LogP contribution >= 0.6 is 11.6 Å². The van der Waals surface area contributed by atoms with Gasteiger partial charge in [0.1, 0.15) is 0 Å². The first-order valence-electron chi connectivity index (χ1n) is 5.65. The van der Waals surface area contributed by atoms with Gasteiger partial charge in [-0.2, -0.15) is 0 Å². The van der Waals surface area contributed by atoms with Crippen LogP contribution in [0.25, 0.3) is 0 Å². The fourth-order valence-electron chi connectivity index (χ4n) is 1.60. The molecule has 0 bridgehead atoms. The van der Waals surface area contributed by atoms with Crippen molar-refractivity contribution in [1.29, 1.82) is 0 Å². The van der Waals surface area contributed by atoms with E-state index < -0.39 is 0 Å². The van der Waals surface area contributed by atoms with Crippen LogP contribution in [-0.2, 0) is 10.6 Å². The van der Waals surface area contributed by atoms with Gasteiger partial charge in [-0.05, 0) is 19.9 Å². The topological polar surface area (TPSA) is 25.4 Å². The van der Waals surface area contributed by atoms with Gasteiger partial charge < -0.3 is 9.64 Å². The predicted octanol–water partition coefficient (Wildman–Crippen LogP) is 2.68. The molecule has 0 unspecified atom stereocenters. The molecule has 0 radical (unpaired) electrons. The molecule has 0 aliphatic carbocycles. The number of likely N-dealkylation sites (N-methyl/N-ethyl adjacent to an activating group) is 1. The van der Waals surface area contributed by atoms with Gasteiger partial charge in [-0.3, -0.25) is 4.98 Å². The van der Waals surface area contributed by atoms with E-state index >= 15 is 0 Å². The highest BCUT2D eigenvalue weighted by Crippen LogP contribution is 2.20. The number of halogens is 1. The van der Waals surface area contributed by atoms with Gasteiger partial charge in [-0.15, -0.1) is 11.6 Å². The van der Waals surface area contributed by atoms with E-state index in [0.29, 0.717) is 5.88 Å². The van der Waals surface area contributed by atoms with Gasteiger partial charge in [0, 0.05) is 43.3 Å². The van der Waals surface area contributed by atoms with Crippen molar-refractivity contribution in [3.63, 3.8) is 0 Å². The summed E-state index contributed by atoms with van der Waals surface area (Å²) >= 11 is 5.90. The Morgan fingerprint density at radius 3 is 2.88 bits per heavy atom. The molecule has 1 aromatic heterocycles. The molecule has 16 heavy (non-hydrogen) atoms. The summed E-state index contributed by atoms with van der Waals surface area (Å²) in [6, 6.07) is 2.01. The molecule has 0 spiro atoms. The SMILES string of the molecule is CCOCCN(CC)c1ccncc1CCl. The lowest BCUT2D eigenvalue weighted by Crippen LogP contribution is -2.28. The number of alkyl halides is 1. The number of nitrogens with zero attached hydrogens (tertiary/aromatic N) is 2. The van der Waals surface area contributed by atoms with Crippen LogP contribution in [-0.4, -0.2) is 31.3 Å². The third-order valence-electron chi connectivity index (χ3n) is 2.45. The molecule has 4 heteroatoms. The molecule has 0 aromatic carbocycles. The van der Waals surface area contributed by atoms with Crippen LogP contribution in [0.1, 0.15) is 19.4 Å². The first-order valence-corrected chi connectivity index (χ1v) is 6.18. The smallest absolute Gasteiger partial charge is 0.0641 e. The molecule has 0 N–H and O–H groups in total. The van der Waals surface area contributed by atoms with Crippen LogP contribution < -0.4 is 4.90 Å². The summed E-state index contributed by atoms with van der Waals surface area (Å²) in [5.74, 6) is 0.494. The Morgan fingerprint density at radius 1 is 1.44 bits per heavy atom. The summed E-state index contributed by atoms with van der Waals surface area (Å²) in [4.78, 5) is 6.35. The average molecular weight is 243 g/mol. The molecule has 1 heterocycles. The van der Waals surface area contributed by atoms with Crippen molar-refractivity contribution in [3.05, 3.63) is 24.0 Å². The van der Waals surface area contributed by atoms with E-state index in [1.807, 2.05) is 19.2 Å². The second-order valence-electron chi connectivity index (χ2n) is 3.41. The Kier molecular flexibility index (Phi) is 6.19. The lowest BCUT2D eigenvalue weighted by Gasteiger charge is -2.24. The summed E-state index contributed by atoms with van der Waals surface area (Å²) in [5, 5.41) is 0. The Bertz CT molecular complexity index is 307. The van der Waals surface area contributed by atoms with Crippen LogP contribution in [0, 0.1) is 0 Å². The third-order valence-corrected chi connectivity index (χ3v) is 2.74. The molecule has 0 amide bonds. The molecular formula is C12H19ClN2O. The van der Waals surface area contributed by atoms with Crippen molar-refractivity contribution in [1.82, 2.24) is 4.98 Å². The quantitative estimate of drug-likeness (QED) is 0.543.